The Balaban J connectivity index is 1.99. The number of rotatable bonds is 3. The third-order valence-electron chi connectivity index (χ3n) is 2.39. The Labute approximate surface area is 124 Å². The first-order chi connectivity index (χ1) is 9.13. The fourth-order valence-corrected chi connectivity index (χ4v) is 1.86. The minimum Gasteiger partial charge on any atom is -0.323 e. The maximum atomic E-state index is 12.9. The molecule has 1 amide bonds. The molecule has 2 aromatic carbocycles. The molecule has 0 aliphatic rings. The van der Waals surface area contributed by atoms with Crippen LogP contribution >= 0.6 is 22.6 Å². The largest absolute Gasteiger partial charge is 0.323 e. The van der Waals surface area contributed by atoms with Crippen LogP contribution in [0.1, 0.15) is 5.56 Å². The van der Waals surface area contributed by atoms with Crippen molar-refractivity contribution in [2.75, 3.05) is 5.32 Å². The smallest absolute Gasteiger partial charge is 0.248 e. The summed E-state index contributed by atoms with van der Waals surface area (Å²) < 4.78 is 14.0. The number of hydrogen-bond acceptors (Lipinski definition) is 1. The Hall–Kier alpha value is -1.69. The summed E-state index contributed by atoms with van der Waals surface area (Å²) >= 11 is 2.20. The molecule has 2 aromatic rings. The van der Waals surface area contributed by atoms with Gasteiger partial charge in [-0.15, -0.1) is 0 Å². The minimum absolute atomic E-state index is 0.245. The van der Waals surface area contributed by atoms with Crippen molar-refractivity contribution in [3.05, 3.63) is 69.6 Å². The lowest BCUT2D eigenvalue weighted by molar-refractivity contribution is -0.111. The summed E-state index contributed by atoms with van der Waals surface area (Å²) in [6, 6.07) is 13.5. The van der Waals surface area contributed by atoms with Crippen molar-refractivity contribution in [3.8, 4) is 0 Å². The monoisotopic (exact) mass is 367 g/mol. The summed E-state index contributed by atoms with van der Waals surface area (Å²) in [5.74, 6) is -0.564. The molecule has 2 nitrogen and oxygen atoms in total. The number of benzene rings is 2. The highest BCUT2D eigenvalue weighted by atomic mass is 127. The second kappa shape index (κ2) is 6.47. The summed E-state index contributed by atoms with van der Waals surface area (Å²) in [6.45, 7) is 0. The van der Waals surface area contributed by atoms with Crippen LogP contribution in [0.25, 0.3) is 6.08 Å². The number of nitrogens with one attached hydrogen (secondary N) is 1. The lowest BCUT2D eigenvalue weighted by Gasteiger charge is -2.01. The first-order valence-electron chi connectivity index (χ1n) is 5.64. The van der Waals surface area contributed by atoms with Crippen molar-refractivity contribution in [1.82, 2.24) is 0 Å². The van der Waals surface area contributed by atoms with Gasteiger partial charge in [0.15, 0.2) is 0 Å². The molecule has 4 heteroatoms. The standard InChI is InChI=1S/C15H11FINO/c16-12-3-1-2-11(10-12)4-9-15(19)18-14-7-5-13(17)6-8-14/h1-10H,(H,18,19)/b9-4+. The second-order valence-electron chi connectivity index (χ2n) is 3.88. The lowest BCUT2D eigenvalue weighted by Crippen LogP contribution is -2.07. The molecule has 2 rings (SSSR count). The number of halogens is 2. The number of carbonyl (C=O) groups excluding carboxylic acids is 1. The molecule has 0 saturated carbocycles. The van der Waals surface area contributed by atoms with Crippen LogP contribution < -0.4 is 5.32 Å². The molecule has 0 spiro atoms. The van der Waals surface area contributed by atoms with Gasteiger partial charge in [-0.1, -0.05) is 12.1 Å². The molecule has 0 unspecified atom stereocenters. The third-order valence-corrected chi connectivity index (χ3v) is 3.11. The van der Waals surface area contributed by atoms with Crippen LogP contribution in [0, 0.1) is 9.39 Å². The van der Waals surface area contributed by atoms with Crippen LogP contribution in [0.4, 0.5) is 10.1 Å². The quantitative estimate of drug-likeness (QED) is 0.643. The molecule has 0 fully saturated rings. The van der Waals surface area contributed by atoms with E-state index in [0.29, 0.717) is 5.56 Å². The molecule has 1 N–H and O–H groups in total. The molecule has 0 aromatic heterocycles. The highest BCUT2D eigenvalue weighted by molar-refractivity contribution is 14.1. The van der Waals surface area contributed by atoms with E-state index in [1.54, 1.807) is 18.2 Å². The van der Waals surface area contributed by atoms with Gasteiger partial charge in [0.25, 0.3) is 0 Å². The lowest BCUT2D eigenvalue weighted by atomic mass is 10.2. The van der Waals surface area contributed by atoms with Crippen LogP contribution in [-0.4, -0.2) is 5.91 Å². The van der Waals surface area contributed by atoms with E-state index in [4.69, 9.17) is 0 Å². The zero-order valence-electron chi connectivity index (χ0n) is 9.94. The van der Waals surface area contributed by atoms with E-state index in [1.165, 1.54) is 18.2 Å². The van der Waals surface area contributed by atoms with Crippen LogP contribution in [0.3, 0.4) is 0 Å². The highest BCUT2D eigenvalue weighted by Gasteiger charge is 1.98. The highest BCUT2D eigenvalue weighted by Crippen LogP contribution is 2.11. The summed E-state index contributed by atoms with van der Waals surface area (Å²) in [5, 5.41) is 2.73. The van der Waals surface area contributed by atoms with Crippen LogP contribution in [-0.2, 0) is 4.79 Å². The molecule has 0 saturated heterocycles. The Bertz CT molecular complexity index is 608. The number of hydrogen-bond donors (Lipinski definition) is 1. The van der Waals surface area contributed by atoms with E-state index in [-0.39, 0.29) is 11.7 Å². The van der Waals surface area contributed by atoms with Gasteiger partial charge in [-0.2, -0.15) is 0 Å². The fourth-order valence-electron chi connectivity index (χ4n) is 1.50. The SMILES string of the molecule is O=C(/C=C/c1cccc(F)c1)Nc1ccc(I)cc1. The van der Waals surface area contributed by atoms with E-state index in [2.05, 4.69) is 27.9 Å². The van der Waals surface area contributed by atoms with Crippen LogP contribution in [0.2, 0.25) is 0 Å². The average Bonchev–Trinajstić information content (AvgIpc) is 2.39. The first-order valence-corrected chi connectivity index (χ1v) is 6.71. The number of carbonyl (C=O) groups is 1. The van der Waals surface area contributed by atoms with Gasteiger partial charge in [0.2, 0.25) is 5.91 Å². The normalized spacial score (nSPS) is 10.6. The van der Waals surface area contributed by atoms with Gasteiger partial charge in [-0.05, 0) is 70.6 Å². The van der Waals surface area contributed by atoms with E-state index in [0.717, 1.165) is 9.26 Å². The van der Waals surface area contributed by atoms with Crippen molar-refractivity contribution >= 4 is 40.3 Å². The molecule has 0 heterocycles. The Morgan fingerprint density at radius 3 is 2.58 bits per heavy atom. The van der Waals surface area contributed by atoms with E-state index in [9.17, 15) is 9.18 Å². The molecule has 19 heavy (non-hydrogen) atoms. The zero-order chi connectivity index (χ0) is 13.7. The molecule has 0 bridgehead atoms. The van der Waals surface area contributed by atoms with Crippen molar-refractivity contribution in [2.24, 2.45) is 0 Å². The number of anilines is 1. The van der Waals surface area contributed by atoms with Crippen molar-refractivity contribution < 1.29 is 9.18 Å². The zero-order valence-corrected chi connectivity index (χ0v) is 12.1. The van der Waals surface area contributed by atoms with Gasteiger partial charge >= 0.3 is 0 Å². The molecular weight excluding hydrogens is 356 g/mol. The molecular formula is C15H11FINO. The van der Waals surface area contributed by atoms with E-state index < -0.39 is 0 Å². The van der Waals surface area contributed by atoms with E-state index in [1.807, 2.05) is 24.3 Å². The summed E-state index contributed by atoms with van der Waals surface area (Å²) in [5.41, 5.74) is 1.38. The second-order valence-corrected chi connectivity index (χ2v) is 5.13. The summed E-state index contributed by atoms with van der Waals surface area (Å²) in [7, 11) is 0. The molecule has 0 radical (unpaired) electrons. The van der Waals surface area contributed by atoms with Gasteiger partial charge in [-0.3, -0.25) is 4.79 Å². The Morgan fingerprint density at radius 2 is 1.89 bits per heavy atom. The van der Waals surface area contributed by atoms with Crippen molar-refractivity contribution in [3.63, 3.8) is 0 Å². The minimum atomic E-state index is -0.319. The van der Waals surface area contributed by atoms with E-state index >= 15 is 0 Å². The predicted octanol–water partition coefficient (Wildman–Crippen LogP) is 4.08. The molecule has 96 valence electrons. The maximum absolute atomic E-state index is 12.9. The van der Waals surface area contributed by atoms with Crippen LogP contribution in [0.15, 0.2) is 54.6 Å². The van der Waals surface area contributed by atoms with Gasteiger partial charge in [0.1, 0.15) is 5.82 Å². The summed E-state index contributed by atoms with van der Waals surface area (Å²) in [6.07, 6.45) is 2.96. The van der Waals surface area contributed by atoms with Gasteiger partial charge in [-0.25, -0.2) is 4.39 Å². The first kappa shape index (κ1) is 13.7. The third kappa shape index (κ3) is 4.48. The molecule has 0 atom stereocenters. The van der Waals surface area contributed by atoms with Crippen molar-refractivity contribution in [2.45, 2.75) is 0 Å². The van der Waals surface area contributed by atoms with Gasteiger partial charge in [0.05, 0.1) is 0 Å². The predicted molar refractivity (Wildman–Crippen MR) is 83.2 cm³/mol. The van der Waals surface area contributed by atoms with Gasteiger partial charge < -0.3 is 5.32 Å². The number of amides is 1. The fraction of sp³-hybridized carbons (Fsp3) is 0. The Morgan fingerprint density at radius 1 is 1.16 bits per heavy atom. The van der Waals surface area contributed by atoms with Crippen molar-refractivity contribution in [1.29, 1.82) is 0 Å². The molecule has 0 aliphatic carbocycles. The maximum Gasteiger partial charge on any atom is 0.248 e. The summed E-state index contributed by atoms with van der Waals surface area (Å²) in [4.78, 5) is 11.7. The van der Waals surface area contributed by atoms with Crippen LogP contribution in [0.5, 0.6) is 0 Å². The molecule has 0 aliphatic heterocycles. The Kier molecular flexibility index (Phi) is 4.68. The van der Waals surface area contributed by atoms with Gasteiger partial charge in [0, 0.05) is 15.3 Å². The topological polar surface area (TPSA) is 29.1 Å². The average molecular weight is 367 g/mol.